The van der Waals surface area contributed by atoms with Crippen LogP contribution in [0.15, 0.2) is 40.8 Å². The van der Waals surface area contributed by atoms with Crippen LogP contribution in [0.25, 0.3) is 21.3 Å². The van der Waals surface area contributed by atoms with E-state index < -0.39 is 17.2 Å². The fraction of sp³-hybridized carbons (Fsp3) is 0.227. The molecule has 0 aliphatic heterocycles. The maximum absolute atomic E-state index is 15.1. The number of nitrogens with zero attached hydrogens (tertiary/aromatic N) is 4. The lowest BCUT2D eigenvalue weighted by molar-refractivity contribution is -0.121. The Morgan fingerprint density at radius 1 is 1.16 bits per heavy atom. The molecule has 0 atom stereocenters. The van der Waals surface area contributed by atoms with Crippen molar-refractivity contribution < 1.29 is 18.0 Å². The number of carbonyl (C=O) groups excluding carboxylic acids is 1. The molecule has 2 aromatic carbocycles. The zero-order valence-electron chi connectivity index (χ0n) is 16.6. The third-order valence-electron chi connectivity index (χ3n) is 5.17. The molecule has 1 amide bonds. The number of carbonyl (C=O) groups is 1. The Hall–Kier alpha value is -3.71. The Bertz CT molecular complexity index is 1390. The Morgan fingerprint density at radius 2 is 1.94 bits per heavy atom. The van der Waals surface area contributed by atoms with Crippen molar-refractivity contribution >= 4 is 27.5 Å². The van der Waals surface area contributed by atoms with Crippen LogP contribution in [0.2, 0.25) is 0 Å². The van der Waals surface area contributed by atoms with Crippen molar-refractivity contribution in [1.29, 1.82) is 5.26 Å². The molecule has 2 heterocycles. The first kappa shape index (κ1) is 20.2. The van der Waals surface area contributed by atoms with Gasteiger partial charge in [-0.2, -0.15) is 5.26 Å². The second-order valence-electron chi connectivity index (χ2n) is 7.55. The van der Waals surface area contributed by atoms with Gasteiger partial charge in [-0.15, -0.1) is 21.5 Å². The van der Waals surface area contributed by atoms with Crippen molar-refractivity contribution in [3.05, 3.63) is 64.8 Å². The molecule has 1 saturated carbocycles. The molecule has 0 saturated heterocycles. The maximum Gasteiger partial charge on any atom is 0.230 e. The zero-order valence-corrected chi connectivity index (χ0v) is 17.4. The first-order valence-electron chi connectivity index (χ1n) is 9.83. The summed E-state index contributed by atoms with van der Waals surface area (Å²) in [7, 11) is 0. The Balaban J connectivity index is 1.33. The number of nitrogens with one attached hydrogen (secondary N) is 1. The first-order chi connectivity index (χ1) is 15.5. The fourth-order valence-corrected chi connectivity index (χ4v) is 4.36. The van der Waals surface area contributed by atoms with Crippen LogP contribution in [0.3, 0.4) is 0 Å². The maximum atomic E-state index is 15.1. The van der Waals surface area contributed by atoms with E-state index in [1.807, 2.05) is 0 Å². The van der Waals surface area contributed by atoms with Gasteiger partial charge in [0.05, 0.1) is 22.7 Å². The van der Waals surface area contributed by atoms with Crippen molar-refractivity contribution in [1.82, 2.24) is 20.5 Å². The molecule has 10 heteroatoms. The van der Waals surface area contributed by atoms with E-state index >= 15 is 4.39 Å². The highest BCUT2D eigenvalue weighted by Gasteiger charge is 2.44. The van der Waals surface area contributed by atoms with Gasteiger partial charge in [-0.05, 0) is 31.0 Å². The molecule has 1 aliphatic rings. The lowest BCUT2D eigenvalue weighted by atomic mass is 10.0. The van der Waals surface area contributed by atoms with E-state index in [-0.39, 0.29) is 41.7 Å². The van der Waals surface area contributed by atoms with E-state index in [9.17, 15) is 9.18 Å². The SMILES string of the molecule is N#CC1(NC(=O)Cc2nnc(Cc3nc4ccc(-c5ccccc5F)c(F)c4s3)o2)CC1. The standard InChI is InChI=1S/C22H15F2N5O2S/c23-14-4-2-1-3-12(14)13-5-6-15-21(20(13)24)32-19(26-15)10-18-29-28-17(31-18)9-16(30)27-22(11-25)7-8-22/h1-6H,7-10H2,(H,27,30). The number of thiazole rings is 1. The molecule has 1 aliphatic carbocycles. The summed E-state index contributed by atoms with van der Waals surface area (Å²) in [6, 6.07) is 11.3. The van der Waals surface area contributed by atoms with Crippen molar-refractivity contribution in [3.8, 4) is 17.2 Å². The number of amides is 1. The largest absolute Gasteiger partial charge is 0.424 e. The third kappa shape index (κ3) is 3.83. The number of halogens is 2. The Kier molecular flexibility index (Phi) is 4.90. The molecule has 32 heavy (non-hydrogen) atoms. The molecule has 4 aromatic rings. The number of hydrogen-bond donors (Lipinski definition) is 1. The number of hydrogen-bond acceptors (Lipinski definition) is 7. The van der Waals surface area contributed by atoms with Crippen LogP contribution in [0, 0.1) is 23.0 Å². The fourth-order valence-electron chi connectivity index (χ4n) is 3.37. The second-order valence-corrected chi connectivity index (χ2v) is 8.63. The van der Waals surface area contributed by atoms with Gasteiger partial charge in [-0.3, -0.25) is 4.79 Å². The quantitative estimate of drug-likeness (QED) is 0.476. The molecule has 1 fully saturated rings. The summed E-state index contributed by atoms with van der Waals surface area (Å²) in [5, 5.41) is 20.1. The van der Waals surface area contributed by atoms with E-state index in [4.69, 9.17) is 9.68 Å². The van der Waals surface area contributed by atoms with Gasteiger partial charge in [0.15, 0.2) is 5.82 Å². The number of benzene rings is 2. The van der Waals surface area contributed by atoms with Crippen LogP contribution in [-0.4, -0.2) is 26.6 Å². The van der Waals surface area contributed by atoms with E-state index in [1.54, 1.807) is 18.2 Å². The Labute approximate surface area is 184 Å². The van der Waals surface area contributed by atoms with Crippen LogP contribution in [-0.2, 0) is 17.6 Å². The number of fused-ring (bicyclic) bond motifs is 1. The summed E-state index contributed by atoms with van der Waals surface area (Å²) < 4.78 is 35.0. The van der Waals surface area contributed by atoms with Gasteiger partial charge >= 0.3 is 0 Å². The average molecular weight is 451 g/mol. The van der Waals surface area contributed by atoms with Gasteiger partial charge < -0.3 is 9.73 Å². The van der Waals surface area contributed by atoms with Gasteiger partial charge in [-0.25, -0.2) is 13.8 Å². The first-order valence-corrected chi connectivity index (χ1v) is 10.6. The summed E-state index contributed by atoms with van der Waals surface area (Å²) in [5.41, 5.74) is 0.0497. The van der Waals surface area contributed by atoms with Crippen molar-refractivity contribution in [2.75, 3.05) is 0 Å². The van der Waals surface area contributed by atoms with Crippen LogP contribution in [0.1, 0.15) is 29.6 Å². The summed E-state index contributed by atoms with van der Waals surface area (Å²) in [5.74, 6) is -1.03. The van der Waals surface area contributed by atoms with Crippen molar-refractivity contribution in [2.45, 2.75) is 31.2 Å². The van der Waals surface area contributed by atoms with Crippen LogP contribution >= 0.6 is 11.3 Å². The van der Waals surface area contributed by atoms with E-state index in [0.29, 0.717) is 28.1 Å². The number of rotatable bonds is 6. The molecule has 7 nitrogen and oxygen atoms in total. The van der Waals surface area contributed by atoms with Crippen LogP contribution in [0.5, 0.6) is 0 Å². The molecule has 0 spiro atoms. The topological polar surface area (TPSA) is 105 Å². The van der Waals surface area contributed by atoms with Gasteiger partial charge in [0.2, 0.25) is 17.7 Å². The minimum atomic E-state index is -0.757. The molecule has 0 radical (unpaired) electrons. The van der Waals surface area contributed by atoms with Crippen LogP contribution < -0.4 is 5.32 Å². The molecule has 5 rings (SSSR count). The highest BCUT2D eigenvalue weighted by atomic mass is 32.1. The van der Waals surface area contributed by atoms with Crippen molar-refractivity contribution in [3.63, 3.8) is 0 Å². The zero-order chi connectivity index (χ0) is 22.3. The van der Waals surface area contributed by atoms with Gasteiger partial charge in [0, 0.05) is 11.1 Å². The van der Waals surface area contributed by atoms with E-state index in [2.05, 4.69) is 26.6 Å². The molecule has 0 bridgehead atoms. The minimum absolute atomic E-state index is 0.125. The highest BCUT2D eigenvalue weighted by Crippen LogP contribution is 2.35. The lowest BCUT2D eigenvalue weighted by Crippen LogP contribution is -2.36. The lowest BCUT2D eigenvalue weighted by Gasteiger charge is -2.06. The normalized spacial score (nSPS) is 14.3. The van der Waals surface area contributed by atoms with Crippen LogP contribution in [0.4, 0.5) is 8.78 Å². The van der Waals surface area contributed by atoms with Gasteiger partial charge in [0.1, 0.15) is 22.8 Å². The van der Waals surface area contributed by atoms with Crippen molar-refractivity contribution in [2.24, 2.45) is 0 Å². The second kappa shape index (κ2) is 7.76. The smallest absolute Gasteiger partial charge is 0.230 e. The van der Waals surface area contributed by atoms with Gasteiger partial charge in [0.25, 0.3) is 0 Å². The molecular formula is C22H15F2N5O2S. The highest BCUT2D eigenvalue weighted by molar-refractivity contribution is 7.18. The average Bonchev–Trinajstić information content (AvgIpc) is 3.20. The van der Waals surface area contributed by atoms with E-state index in [1.165, 1.54) is 18.2 Å². The predicted molar refractivity (Wildman–Crippen MR) is 112 cm³/mol. The number of nitriles is 1. The third-order valence-corrected chi connectivity index (χ3v) is 6.23. The minimum Gasteiger partial charge on any atom is -0.424 e. The van der Waals surface area contributed by atoms with E-state index in [0.717, 1.165) is 11.3 Å². The predicted octanol–water partition coefficient (Wildman–Crippen LogP) is 3.93. The molecule has 1 N–H and O–H groups in total. The summed E-state index contributed by atoms with van der Waals surface area (Å²) >= 11 is 1.12. The monoisotopic (exact) mass is 451 g/mol. The number of aromatic nitrogens is 3. The van der Waals surface area contributed by atoms with Gasteiger partial charge in [-0.1, -0.05) is 18.2 Å². The summed E-state index contributed by atoms with van der Waals surface area (Å²) in [6.45, 7) is 0. The molecule has 2 aromatic heterocycles. The summed E-state index contributed by atoms with van der Waals surface area (Å²) in [4.78, 5) is 16.5. The molecular weight excluding hydrogens is 436 g/mol. The summed E-state index contributed by atoms with van der Waals surface area (Å²) in [6.07, 6.45) is 1.32. The molecule has 160 valence electrons. The Morgan fingerprint density at radius 3 is 2.69 bits per heavy atom. The molecule has 0 unspecified atom stereocenters.